The summed E-state index contributed by atoms with van der Waals surface area (Å²) in [5.41, 5.74) is 0. The topological polar surface area (TPSA) is 41.5 Å². The van der Waals surface area contributed by atoms with Gasteiger partial charge in [0.25, 0.3) is 0 Å². The summed E-state index contributed by atoms with van der Waals surface area (Å²) in [5.74, 6) is 0. The first-order chi connectivity index (χ1) is 3.66. The Morgan fingerprint density at radius 1 is 1.50 bits per heavy atom. The van der Waals surface area contributed by atoms with Gasteiger partial charge in [-0.15, -0.1) is 0 Å². The van der Waals surface area contributed by atoms with Crippen molar-refractivity contribution in [2.45, 2.75) is 26.4 Å². The Hall–Kier alpha value is -0.120. The summed E-state index contributed by atoms with van der Waals surface area (Å²) in [5, 5.41) is 11.2. The summed E-state index contributed by atoms with van der Waals surface area (Å²) in [6.45, 7) is 3.72. The van der Waals surface area contributed by atoms with Crippen LogP contribution in [0.15, 0.2) is 0 Å². The van der Waals surface area contributed by atoms with Crippen LogP contribution in [0.1, 0.15) is 13.8 Å². The Morgan fingerprint density at radius 3 is 2.12 bits per heavy atom. The Labute approximate surface area is 49.7 Å². The lowest BCUT2D eigenvalue weighted by Gasteiger charge is -2.12. The molecule has 0 amide bonds. The molecule has 0 aromatic heterocycles. The molecule has 0 rings (SSSR count). The van der Waals surface area contributed by atoms with Crippen LogP contribution in [0.5, 0.6) is 0 Å². The number of aliphatic hydroxyl groups is 1. The van der Waals surface area contributed by atoms with Crippen LogP contribution in [0.3, 0.4) is 0 Å². The highest BCUT2D eigenvalue weighted by atomic mass is 16.6. The van der Waals surface area contributed by atoms with Gasteiger partial charge in [-0.1, -0.05) is 0 Å². The number of aliphatic hydroxyl groups excluding tert-OH is 1. The molecule has 1 atom stereocenters. The molecule has 0 bridgehead atoms. The second kappa shape index (κ2) is 3.83. The van der Waals surface area contributed by atoms with E-state index in [1.54, 1.807) is 7.05 Å². The van der Waals surface area contributed by atoms with Crippen molar-refractivity contribution in [3.05, 3.63) is 0 Å². The molecule has 0 saturated heterocycles. The van der Waals surface area contributed by atoms with Crippen LogP contribution in [0.4, 0.5) is 0 Å². The van der Waals surface area contributed by atoms with E-state index in [4.69, 9.17) is 9.84 Å². The summed E-state index contributed by atoms with van der Waals surface area (Å²) in [6.07, 6.45) is -0.757. The molecule has 0 saturated carbocycles. The molecular formula is C5H13NO2. The third kappa shape index (κ3) is 4.05. The lowest BCUT2D eigenvalue weighted by atomic mass is 10.5. The minimum Gasteiger partial charge on any atom is -0.356 e. The minimum atomic E-state index is -0.824. The molecule has 8 heavy (non-hydrogen) atoms. The van der Waals surface area contributed by atoms with E-state index in [9.17, 15) is 0 Å². The lowest BCUT2D eigenvalue weighted by Crippen LogP contribution is -2.30. The monoisotopic (exact) mass is 119 g/mol. The van der Waals surface area contributed by atoms with Gasteiger partial charge in [-0.3, -0.25) is 5.32 Å². The zero-order chi connectivity index (χ0) is 6.57. The van der Waals surface area contributed by atoms with Gasteiger partial charge in [0, 0.05) is 0 Å². The van der Waals surface area contributed by atoms with Crippen LogP contribution in [-0.2, 0) is 4.74 Å². The van der Waals surface area contributed by atoms with Crippen LogP contribution in [-0.4, -0.2) is 24.7 Å². The largest absolute Gasteiger partial charge is 0.356 e. The molecule has 0 fully saturated rings. The van der Waals surface area contributed by atoms with E-state index < -0.39 is 6.41 Å². The molecule has 0 aromatic rings. The first kappa shape index (κ1) is 7.88. The SMILES string of the molecule is CNC(O)OC(C)C. The van der Waals surface area contributed by atoms with Gasteiger partial charge in [0.2, 0.25) is 6.41 Å². The molecule has 0 heterocycles. The molecule has 0 spiro atoms. The molecule has 0 aliphatic rings. The van der Waals surface area contributed by atoms with Crippen LogP contribution >= 0.6 is 0 Å². The average Bonchev–Trinajstić information content (AvgIpc) is 1.65. The van der Waals surface area contributed by atoms with Gasteiger partial charge in [0.1, 0.15) is 0 Å². The van der Waals surface area contributed by atoms with E-state index in [0.29, 0.717) is 0 Å². The van der Waals surface area contributed by atoms with Gasteiger partial charge in [-0.25, -0.2) is 0 Å². The van der Waals surface area contributed by atoms with Crippen molar-refractivity contribution < 1.29 is 9.84 Å². The first-order valence-electron chi connectivity index (χ1n) is 2.67. The molecule has 50 valence electrons. The lowest BCUT2D eigenvalue weighted by molar-refractivity contribution is -0.140. The van der Waals surface area contributed by atoms with E-state index in [0.717, 1.165) is 0 Å². The van der Waals surface area contributed by atoms with Crippen LogP contribution in [0.2, 0.25) is 0 Å². The maximum Gasteiger partial charge on any atom is 0.213 e. The predicted octanol–water partition coefficient (Wildman–Crippen LogP) is -0.0933. The maximum atomic E-state index is 8.70. The van der Waals surface area contributed by atoms with Crippen LogP contribution in [0.25, 0.3) is 0 Å². The number of ether oxygens (including phenoxy) is 1. The fourth-order valence-electron chi connectivity index (χ4n) is 0.326. The van der Waals surface area contributed by atoms with E-state index in [1.165, 1.54) is 0 Å². The quantitative estimate of drug-likeness (QED) is 0.510. The molecule has 2 N–H and O–H groups in total. The zero-order valence-electron chi connectivity index (χ0n) is 5.51. The van der Waals surface area contributed by atoms with Crippen LogP contribution in [0, 0.1) is 0 Å². The third-order valence-electron chi connectivity index (χ3n) is 0.648. The zero-order valence-corrected chi connectivity index (χ0v) is 5.51. The molecular weight excluding hydrogens is 106 g/mol. The minimum absolute atomic E-state index is 0.0671. The number of nitrogens with one attached hydrogen (secondary N) is 1. The first-order valence-corrected chi connectivity index (χ1v) is 2.67. The highest BCUT2D eigenvalue weighted by Gasteiger charge is 1.99. The summed E-state index contributed by atoms with van der Waals surface area (Å²) in [4.78, 5) is 0. The van der Waals surface area contributed by atoms with Gasteiger partial charge in [-0.05, 0) is 20.9 Å². The maximum absolute atomic E-state index is 8.70. The van der Waals surface area contributed by atoms with E-state index >= 15 is 0 Å². The molecule has 3 nitrogen and oxygen atoms in total. The van der Waals surface area contributed by atoms with Gasteiger partial charge < -0.3 is 9.84 Å². The number of hydrogen-bond donors (Lipinski definition) is 2. The predicted molar refractivity (Wildman–Crippen MR) is 31.3 cm³/mol. The van der Waals surface area contributed by atoms with Gasteiger partial charge >= 0.3 is 0 Å². The Morgan fingerprint density at radius 2 is 2.00 bits per heavy atom. The van der Waals surface area contributed by atoms with Crippen molar-refractivity contribution in [2.24, 2.45) is 0 Å². The summed E-state index contributed by atoms with van der Waals surface area (Å²) in [7, 11) is 1.63. The van der Waals surface area contributed by atoms with E-state index in [1.807, 2.05) is 13.8 Å². The van der Waals surface area contributed by atoms with E-state index in [-0.39, 0.29) is 6.10 Å². The van der Waals surface area contributed by atoms with Gasteiger partial charge in [0.15, 0.2) is 0 Å². The summed E-state index contributed by atoms with van der Waals surface area (Å²) < 4.78 is 4.84. The summed E-state index contributed by atoms with van der Waals surface area (Å²) in [6, 6.07) is 0. The molecule has 1 unspecified atom stereocenters. The van der Waals surface area contributed by atoms with Crippen molar-refractivity contribution in [1.29, 1.82) is 0 Å². The molecule has 0 aliphatic heterocycles. The smallest absolute Gasteiger partial charge is 0.213 e. The van der Waals surface area contributed by atoms with Crippen molar-refractivity contribution >= 4 is 0 Å². The third-order valence-corrected chi connectivity index (χ3v) is 0.648. The van der Waals surface area contributed by atoms with Gasteiger partial charge in [-0.2, -0.15) is 0 Å². The van der Waals surface area contributed by atoms with Crippen molar-refractivity contribution in [3.63, 3.8) is 0 Å². The fourth-order valence-corrected chi connectivity index (χ4v) is 0.326. The molecule has 0 aromatic carbocycles. The Kier molecular flexibility index (Phi) is 3.77. The Balaban J connectivity index is 3.10. The second-order valence-corrected chi connectivity index (χ2v) is 1.83. The normalized spacial score (nSPS) is 14.6. The van der Waals surface area contributed by atoms with Crippen molar-refractivity contribution in [3.8, 4) is 0 Å². The van der Waals surface area contributed by atoms with Gasteiger partial charge in [0.05, 0.1) is 6.10 Å². The number of hydrogen-bond acceptors (Lipinski definition) is 3. The second-order valence-electron chi connectivity index (χ2n) is 1.83. The van der Waals surface area contributed by atoms with Crippen molar-refractivity contribution in [2.75, 3.05) is 7.05 Å². The Bertz CT molecular complexity index is 56.4. The average molecular weight is 119 g/mol. The molecule has 0 aliphatic carbocycles. The van der Waals surface area contributed by atoms with Crippen molar-refractivity contribution in [1.82, 2.24) is 5.32 Å². The highest BCUT2D eigenvalue weighted by molar-refractivity contribution is 4.36. The van der Waals surface area contributed by atoms with E-state index in [2.05, 4.69) is 5.32 Å². The summed E-state index contributed by atoms with van der Waals surface area (Å²) >= 11 is 0. The number of rotatable bonds is 3. The molecule has 3 heteroatoms. The highest BCUT2D eigenvalue weighted by Crippen LogP contribution is 1.88. The standard InChI is InChI=1S/C5H13NO2/c1-4(2)8-5(7)6-3/h4-7H,1-3H3. The molecule has 0 radical (unpaired) electrons. The fraction of sp³-hybridized carbons (Fsp3) is 1.00. The van der Waals surface area contributed by atoms with Crippen LogP contribution < -0.4 is 5.32 Å².